The predicted octanol–water partition coefficient (Wildman–Crippen LogP) is 3.76. The summed E-state index contributed by atoms with van der Waals surface area (Å²) in [6.45, 7) is 1.93. The Bertz CT molecular complexity index is 888. The SMILES string of the molecule is CSc1nnc(-c2cccc(NC(=O)c3ccccc3C)c2)n1C. The molecule has 3 aromatic rings. The maximum atomic E-state index is 12.5. The van der Waals surface area contributed by atoms with Crippen LogP contribution in [0.5, 0.6) is 0 Å². The van der Waals surface area contributed by atoms with Crippen molar-refractivity contribution in [1.29, 1.82) is 0 Å². The maximum absolute atomic E-state index is 12.5. The van der Waals surface area contributed by atoms with Crippen LogP contribution in [0.15, 0.2) is 53.7 Å². The highest BCUT2D eigenvalue weighted by Crippen LogP contribution is 2.24. The summed E-state index contributed by atoms with van der Waals surface area (Å²) in [5.41, 5.74) is 3.26. The first-order chi connectivity index (χ1) is 11.6. The van der Waals surface area contributed by atoms with E-state index in [2.05, 4.69) is 15.5 Å². The van der Waals surface area contributed by atoms with Crippen molar-refractivity contribution in [2.75, 3.05) is 11.6 Å². The second-order valence-corrected chi connectivity index (χ2v) is 6.19. The molecule has 0 aliphatic rings. The molecule has 0 bridgehead atoms. The first kappa shape index (κ1) is 16.3. The van der Waals surface area contributed by atoms with E-state index < -0.39 is 0 Å². The van der Waals surface area contributed by atoms with Gasteiger partial charge in [0.15, 0.2) is 11.0 Å². The summed E-state index contributed by atoms with van der Waals surface area (Å²) in [6.07, 6.45) is 1.96. The number of anilines is 1. The van der Waals surface area contributed by atoms with Crippen molar-refractivity contribution in [3.63, 3.8) is 0 Å². The Morgan fingerprint density at radius 1 is 1.12 bits per heavy atom. The van der Waals surface area contributed by atoms with Crippen LogP contribution in [-0.4, -0.2) is 26.9 Å². The van der Waals surface area contributed by atoms with Gasteiger partial charge in [0.1, 0.15) is 0 Å². The second kappa shape index (κ2) is 6.88. The van der Waals surface area contributed by atoms with Gasteiger partial charge in [-0.15, -0.1) is 10.2 Å². The second-order valence-electron chi connectivity index (χ2n) is 5.42. The van der Waals surface area contributed by atoms with Crippen LogP contribution in [0.25, 0.3) is 11.4 Å². The molecule has 6 heteroatoms. The van der Waals surface area contributed by atoms with Crippen LogP contribution in [0.4, 0.5) is 5.69 Å². The number of hydrogen-bond donors (Lipinski definition) is 1. The van der Waals surface area contributed by atoms with Gasteiger partial charge in [-0.25, -0.2) is 0 Å². The van der Waals surface area contributed by atoms with E-state index in [0.717, 1.165) is 27.8 Å². The normalized spacial score (nSPS) is 10.6. The van der Waals surface area contributed by atoms with E-state index in [-0.39, 0.29) is 5.91 Å². The monoisotopic (exact) mass is 338 g/mol. The number of thioether (sulfide) groups is 1. The number of nitrogens with one attached hydrogen (secondary N) is 1. The smallest absolute Gasteiger partial charge is 0.255 e. The zero-order chi connectivity index (χ0) is 17.1. The summed E-state index contributed by atoms with van der Waals surface area (Å²) in [6, 6.07) is 15.2. The largest absolute Gasteiger partial charge is 0.322 e. The molecule has 2 aromatic carbocycles. The maximum Gasteiger partial charge on any atom is 0.255 e. The summed E-state index contributed by atoms with van der Waals surface area (Å²) in [5.74, 6) is 0.652. The van der Waals surface area contributed by atoms with Crippen molar-refractivity contribution in [3.05, 3.63) is 59.7 Å². The number of carbonyl (C=O) groups is 1. The number of amides is 1. The van der Waals surface area contributed by atoms with Gasteiger partial charge >= 0.3 is 0 Å². The van der Waals surface area contributed by atoms with Crippen LogP contribution >= 0.6 is 11.8 Å². The quantitative estimate of drug-likeness (QED) is 0.736. The minimum atomic E-state index is -0.118. The molecule has 1 heterocycles. The Morgan fingerprint density at radius 2 is 1.92 bits per heavy atom. The van der Waals surface area contributed by atoms with Crippen molar-refractivity contribution < 1.29 is 4.79 Å². The highest BCUT2D eigenvalue weighted by atomic mass is 32.2. The van der Waals surface area contributed by atoms with E-state index >= 15 is 0 Å². The fraction of sp³-hybridized carbons (Fsp3) is 0.167. The summed E-state index contributed by atoms with van der Waals surface area (Å²) < 4.78 is 1.94. The van der Waals surface area contributed by atoms with Crippen LogP contribution < -0.4 is 5.32 Å². The standard InChI is InChI=1S/C18H18N4OS/c1-12-7-4-5-10-15(12)17(23)19-14-9-6-8-13(11-14)16-20-21-18(24-3)22(16)2/h4-11H,1-3H3,(H,19,23). The zero-order valence-electron chi connectivity index (χ0n) is 13.8. The van der Waals surface area contributed by atoms with Gasteiger partial charge in [-0.1, -0.05) is 42.1 Å². The molecule has 5 nitrogen and oxygen atoms in total. The molecule has 0 saturated heterocycles. The summed E-state index contributed by atoms with van der Waals surface area (Å²) in [4.78, 5) is 12.5. The number of rotatable bonds is 4. The van der Waals surface area contributed by atoms with Gasteiger partial charge in [0.25, 0.3) is 5.91 Å². The Morgan fingerprint density at radius 3 is 2.62 bits per heavy atom. The van der Waals surface area contributed by atoms with E-state index in [4.69, 9.17) is 0 Å². The minimum Gasteiger partial charge on any atom is -0.322 e. The molecule has 0 fully saturated rings. The Balaban J connectivity index is 1.87. The fourth-order valence-corrected chi connectivity index (χ4v) is 2.99. The lowest BCUT2D eigenvalue weighted by Gasteiger charge is -2.09. The third-order valence-electron chi connectivity index (χ3n) is 3.79. The highest BCUT2D eigenvalue weighted by molar-refractivity contribution is 7.98. The summed E-state index contributed by atoms with van der Waals surface area (Å²) in [7, 11) is 1.93. The molecule has 3 rings (SSSR count). The van der Waals surface area contributed by atoms with Gasteiger partial charge in [0.2, 0.25) is 0 Å². The average Bonchev–Trinajstić information content (AvgIpc) is 2.96. The van der Waals surface area contributed by atoms with Gasteiger partial charge in [-0.3, -0.25) is 4.79 Å². The van der Waals surface area contributed by atoms with Gasteiger partial charge in [-0.05, 0) is 36.9 Å². The third kappa shape index (κ3) is 3.19. The van der Waals surface area contributed by atoms with Gasteiger partial charge in [-0.2, -0.15) is 0 Å². The molecule has 1 N–H and O–H groups in total. The lowest BCUT2D eigenvalue weighted by atomic mass is 10.1. The van der Waals surface area contributed by atoms with Gasteiger partial charge < -0.3 is 9.88 Å². The number of aryl methyl sites for hydroxylation is 1. The molecule has 0 unspecified atom stereocenters. The molecule has 0 spiro atoms. The topological polar surface area (TPSA) is 59.8 Å². The highest BCUT2D eigenvalue weighted by Gasteiger charge is 2.12. The van der Waals surface area contributed by atoms with Gasteiger partial charge in [0.05, 0.1) is 0 Å². The van der Waals surface area contributed by atoms with Crippen molar-refractivity contribution in [2.24, 2.45) is 7.05 Å². The van der Waals surface area contributed by atoms with Crippen molar-refractivity contribution in [3.8, 4) is 11.4 Å². The molecule has 1 aromatic heterocycles. The molecular weight excluding hydrogens is 320 g/mol. The molecule has 24 heavy (non-hydrogen) atoms. The number of benzene rings is 2. The third-order valence-corrected chi connectivity index (χ3v) is 4.51. The van der Waals surface area contributed by atoms with Crippen molar-refractivity contribution in [1.82, 2.24) is 14.8 Å². The lowest BCUT2D eigenvalue weighted by Crippen LogP contribution is -2.13. The van der Waals surface area contributed by atoms with Gasteiger partial charge in [0, 0.05) is 23.9 Å². The van der Waals surface area contributed by atoms with Crippen molar-refractivity contribution in [2.45, 2.75) is 12.1 Å². The molecule has 0 saturated carbocycles. The first-order valence-corrected chi connectivity index (χ1v) is 8.73. The molecule has 0 aliphatic carbocycles. The minimum absolute atomic E-state index is 0.118. The Labute approximate surface area is 145 Å². The number of nitrogens with zero attached hydrogens (tertiary/aromatic N) is 3. The van der Waals surface area contributed by atoms with E-state index in [1.807, 2.05) is 73.3 Å². The number of hydrogen-bond acceptors (Lipinski definition) is 4. The molecule has 122 valence electrons. The molecule has 0 atom stereocenters. The fourth-order valence-electron chi connectivity index (χ4n) is 2.51. The summed E-state index contributed by atoms with van der Waals surface area (Å²) in [5, 5.41) is 12.2. The van der Waals surface area contributed by atoms with E-state index in [1.54, 1.807) is 11.8 Å². The Kier molecular flexibility index (Phi) is 4.66. The van der Waals surface area contributed by atoms with Crippen LogP contribution in [0.3, 0.4) is 0 Å². The zero-order valence-corrected chi connectivity index (χ0v) is 14.6. The Hall–Kier alpha value is -2.60. The summed E-state index contributed by atoms with van der Waals surface area (Å²) >= 11 is 1.54. The lowest BCUT2D eigenvalue weighted by molar-refractivity contribution is 0.102. The first-order valence-electron chi connectivity index (χ1n) is 7.51. The molecular formula is C18H18N4OS. The molecule has 1 amide bonds. The molecule has 0 aliphatic heterocycles. The van der Waals surface area contributed by atoms with Crippen molar-refractivity contribution >= 4 is 23.4 Å². The van der Waals surface area contributed by atoms with Crippen LogP contribution in [0.2, 0.25) is 0 Å². The molecule has 0 radical (unpaired) electrons. The van der Waals surface area contributed by atoms with E-state index in [0.29, 0.717) is 5.56 Å². The van der Waals surface area contributed by atoms with Crippen LogP contribution in [0.1, 0.15) is 15.9 Å². The van der Waals surface area contributed by atoms with Crippen LogP contribution in [0, 0.1) is 6.92 Å². The van der Waals surface area contributed by atoms with E-state index in [1.165, 1.54) is 0 Å². The number of carbonyl (C=O) groups excluding carboxylic acids is 1. The number of aromatic nitrogens is 3. The average molecular weight is 338 g/mol. The van der Waals surface area contributed by atoms with Crippen LogP contribution in [-0.2, 0) is 7.05 Å². The predicted molar refractivity (Wildman–Crippen MR) is 97.4 cm³/mol. The van der Waals surface area contributed by atoms with E-state index in [9.17, 15) is 4.79 Å².